The topological polar surface area (TPSA) is 24.7 Å². The summed E-state index contributed by atoms with van der Waals surface area (Å²) in [7, 11) is 1.76. The first-order valence-corrected chi connectivity index (χ1v) is 5.97. The maximum atomic E-state index is 4.62. The van der Waals surface area contributed by atoms with Gasteiger partial charge in [0.2, 0.25) is 0 Å². The molecule has 90 valence electrons. The van der Waals surface area contributed by atoms with Crippen molar-refractivity contribution in [2.24, 2.45) is 9.98 Å². The van der Waals surface area contributed by atoms with Crippen molar-refractivity contribution in [1.82, 2.24) is 0 Å². The highest BCUT2D eigenvalue weighted by Gasteiger charge is 2.04. The van der Waals surface area contributed by atoms with Gasteiger partial charge in [0, 0.05) is 24.4 Å². The molecule has 0 aliphatic rings. The first kappa shape index (κ1) is 12.2. The van der Waals surface area contributed by atoms with E-state index in [2.05, 4.69) is 34.3 Å². The second kappa shape index (κ2) is 6.50. The molecule has 2 rings (SSSR count). The van der Waals surface area contributed by atoms with Crippen LogP contribution >= 0.6 is 0 Å². The minimum atomic E-state index is 0.607. The molecule has 0 saturated carbocycles. The van der Waals surface area contributed by atoms with E-state index in [0.717, 1.165) is 16.8 Å². The third kappa shape index (κ3) is 3.14. The second-order valence-electron chi connectivity index (χ2n) is 3.86. The van der Waals surface area contributed by atoms with E-state index in [9.17, 15) is 0 Å². The quantitative estimate of drug-likeness (QED) is 0.728. The Balaban J connectivity index is 2.38. The van der Waals surface area contributed by atoms with Crippen molar-refractivity contribution in [2.45, 2.75) is 0 Å². The lowest BCUT2D eigenvalue weighted by molar-refractivity contribution is 1.29. The van der Waals surface area contributed by atoms with Crippen LogP contribution in [0.5, 0.6) is 0 Å². The molecule has 2 aromatic carbocycles. The van der Waals surface area contributed by atoms with Gasteiger partial charge in [-0.2, -0.15) is 0 Å². The number of hydrogen-bond acceptors (Lipinski definition) is 2. The highest BCUT2D eigenvalue weighted by molar-refractivity contribution is 6.13. The summed E-state index contributed by atoms with van der Waals surface area (Å²) in [6.45, 7) is 0.607. The summed E-state index contributed by atoms with van der Waals surface area (Å²) in [4.78, 5) is 8.58. The van der Waals surface area contributed by atoms with Gasteiger partial charge in [-0.15, -0.1) is 0 Å². The van der Waals surface area contributed by atoms with E-state index in [1.807, 2.05) is 42.6 Å². The Labute approximate surface area is 108 Å². The second-order valence-corrected chi connectivity index (χ2v) is 3.86. The molecule has 0 unspecified atom stereocenters. The molecule has 2 nitrogen and oxygen atoms in total. The van der Waals surface area contributed by atoms with Crippen LogP contribution in [0.25, 0.3) is 0 Å². The Hall–Kier alpha value is -2.22. The van der Waals surface area contributed by atoms with Gasteiger partial charge in [0.1, 0.15) is 0 Å². The fraction of sp³-hybridized carbons (Fsp3) is 0.125. The maximum absolute atomic E-state index is 4.62. The largest absolute Gasteiger partial charge is 0.299 e. The lowest BCUT2D eigenvalue weighted by Gasteiger charge is -2.06. The number of benzene rings is 2. The van der Waals surface area contributed by atoms with E-state index in [4.69, 9.17) is 0 Å². The minimum absolute atomic E-state index is 0.607. The predicted molar refractivity (Wildman–Crippen MR) is 77.8 cm³/mol. The average molecular weight is 236 g/mol. The molecule has 0 aromatic heterocycles. The van der Waals surface area contributed by atoms with Crippen molar-refractivity contribution in [2.75, 3.05) is 13.6 Å². The molecular formula is C16H16N2. The van der Waals surface area contributed by atoms with E-state index in [1.54, 1.807) is 7.05 Å². The van der Waals surface area contributed by atoms with E-state index in [-0.39, 0.29) is 0 Å². The van der Waals surface area contributed by atoms with Crippen LogP contribution in [0.3, 0.4) is 0 Å². The Morgan fingerprint density at radius 1 is 0.889 bits per heavy atom. The van der Waals surface area contributed by atoms with Gasteiger partial charge < -0.3 is 0 Å². The van der Waals surface area contributed by atoms with Crippen LogP contribution in [0.2, 0.25) is 0 Å². The molecule has 0 N–H and O–H groups in total. The summed E-state index contributed by atoms with van der Waals surface area (Å²) in [6.07, 6.45) is 1.81. The normalized spacial score (nSPS) is 10.5. The van der Waals surface area contributed by atoms with Gasteiger partial charge in [0.05, 0.1) is 12.3 Å². The minimum Gasteiger partial charge on any atom is -0.299 e. The summed E-state index contributed by atoms with van der Waals surface area (Å²) in [5.74, 6) is 0. The summed E-state index contributed by atoms with van der Waals surface area (Å²) in [5.41, 5.74) is 3.28. The van der Waals surface area contributed by atoms with Crippen molar-refractivity contribution in [3.05, 3.63) is 71.8 Å². The SMILES string of the molecule is C/N=C/CN=C(c1ccccc1)c1ccccc1. The molecule has 18 heavy (non-hydrogen) atoms. The van der Waals surface area contributed by atoms with Gasteiger partial charge in [-0.25, -0.2) is 0 Å². The zero-order valence-corrected chi connectivity index (χ0v) is 10.5. The van der Waals surface area contributed by atoms with Crippen LogP contribution in [0, 0.1) is 0 Å². The molecule has 0 amide bonds. The third-order valence-corrected chi connectivity index (χ3v) is 2.61. The van der Waals surface area contributed by atoms with Gasteiger partial charge in [-0.1, -0.05) is 60.7 Å². The molecule has 0 heterocycles. The van der Waals surface area contributed by atoms with E-state index in [1.165, 1.54) is 0 Å². The van der Waals surface area contributed by atoms with Crippen LogP contribution in [-0.4, -0.2) is 25.5 Å². The molecule has 2 heteroatoms. The molecule has 0 fully saturated rings. The zero-order chi connectivity index (χ0) is 12.6. The van der Waals surface area contributed by atoms with Crippen LogP contribution in [0.15, 0.2) is 70.6 Å². The highest BCUT2D eigenvalue weighted by Crippen LogP contribution is 2.10. The molecule has 0 atom stereocenters. The molecule has 0 spiro atoms. The first-order chi connectivity index (χ1) is 8.92. The molecule has 0 aliphatic carbocycles. The average Bonchev–Trinajstić information content (AvgIpc) is 2.46. The lowest BCUT2D eigenvalue weighted by atomic mass is 10.0. The Morgan fingerprint density at radius 3 is 1.83 bits per heavy atom. The Bertz CT molecular complexity index is 486. The summed E-state index contributed by atoms with van der Waals surface area (Å²) >= 11 is 0. The van der Waals surface area contributed by atoms with Crippen molar-refractivity contribution in [3.63, 3.8) is 0 Å². The van der Waals surface area contributed by atoms with Crippen molar-refractivity contribution >= 4 is 11.9 Å². The number of aliphatic imine (C=N–C) groups is 2. The number of hydrogen-bond donors (Lipinski definition) is 0. The van der Waals surface area contributed by atoms with Crippen molar-refractivity contribution in [3.8, 4) is 0 Å². The molecule has 0 saturated heterocycles. The molecule has 0 radical (unpaired) electrons. The van der Waals surface area contributed by atoms with E-state index < -0.39 is 0 Å². The van der Waals surface area contributed by atoms with Crippen molar-refractivity contribution in [1.29, 1.82) is 0 Å². The Morgan fingerprint density at radius 2 is 1.39 bits per heavy atom. The Kier molecular flexibility index (Phi) is 4.42. The number of rotatable bonds is 4. The standard InChI is InChI=1S/C16H16N2/c1-17-12-13-18-16(14-8-4-2-5-9-14)15-10-6-3-7-11-15/h2-12H,13H2,1H3/b17-12+. The van der Waals surface area contributed by atoms with Gasteiger partial charge in [0.25, 0.3) is 0 Å². The van der Waals surface area contributed by atoms with Gasteiger partial charge in [-0.3, -0.25) is 9.98 Å². The molecule has 0 bridgehead atoms. The summed E-state index contributed by atoms with van der Waals surface area (Å²) < 4.78 is 0. The molecule has 2 aromatic rings. The smallest absolute Gasteiger partial charge is 0.0745 e. The summed E-state index contributed by atoms with van der Waals surface area (Å²) in [6, 6.07) is 20.5. The van der Waals surface area contributed by atoms with Gasteiger partial charge in [-0.05, 0) is 0 Å². The van der Waals surface area contributed by atoms with Gasteiger partial charge >= 0.3 is 0 Å². The van der Waals surface area contributed by atoms with Gasteiger partial charge in [0.15, 0.2) is 0 Å². The van der Waals surface area contributed by atoms with E-state index >= 15 is 0 Å². The lowest BCUT2D eigenvalue weighted by Crippen LogP contribution is -2.04. The fourth-order valence-corrected chi connectivity index (χ4v) is 1.76. The zero-order valence-electron chi connectivity index (χ0n) is 10.5. The number of nitrogens with zero attached hydrogens (tertiary/aromatic N) is 2. The monoisotopic (exact) mass is 236 g/mol. The third-order valence-electron chi connectivity index (χ3n) is 2.61. The fourth-order valence-electron chi connectivity index (χ4n) is 1.76. The van der Waals surface area contributed by atoms with E-state index in [0.29, 0.717) is 6.54 Å². The van der Waals surface area contributed by atoms with Crippen LogP contribution < -0.4 is 0 Å². The highest BCUT2D eigenvalue weighted by atomic mass is 14.8. The molecule has 0 aliphatic heterocycles. The van der Waals surface area contributed by atoms with Crippen LogP contribution in [0.4, 0.5) is 0 Å². The first-order valence-electron chi connectivity index (χ1n) is 5.97. The van der Waals surface area contributed by atoms with Crippen LogP contribution in [-0.2, 0) is 0 Å². The summed E-state index contributed by atoms with van der Waals surface area (Å²) in [5, 5.41) is 0. The van der Waals surface area contributed by atoms with Crippen molar-refractivity contribution < 1.29 is 0 Å². The molecular weight excluding hydrogens is 220 g/mol. The predicted octanol–water partition coefficient (Wildman–Crippen LogP) is 3.22. The maximum Gasteiger partial charge on any atom is 0.0745 e. The van der Waals surface area contributed by atoms with Crippen LogP contribution in [0.1, 0.15) is 11.1 Å².